The normalized spacial score (nSPS) is 26.3. The van der Waals surface area contributed by atoms with Gasteiger partial charge in [-0.3, -0.25) is 4.79 Å². The molecule has 1 amide bonds. The van der Waals surface area contributed by atoms with Crippen LogP contribution in [0.25, 0.3) is 0 Å². The third-order valence-electron chi connectivity index (χ3n) is 7.13. The number of sulfone groups is 1. The van der Waals surface area contributed by atoms with E-state index in [1.54, 1.807) is 0 Å². The first-order chi connectivity index (χ1) is 16.6. The quantitative estimate of drug-likeness (QED) is 0.520. The van der Waals surface area contributed by atoms with Crippen LogP contribution in [-0.2, 0) is 15.3 Å². The zero-order valence-electron chi connectivity index (χ0n) is 19.2. The Bertz CT molecular complexity index is 1320. The molecule has 1 saturated heterocycles. The number of carbonyl (C=O) groups excluding carboxylic acids is 1. The summed E-state index contributed by atoms with van der Waals surface area (Å²) < 4.78 is 99.9. The van der Waals surface area contributed by atoms with Gasteiger partial charge in [0.25, 0.3) is 5.91 Å². The van der Waals surface area contributed by atoms with Crippen molar-refractivity contribution in [2.45, 2.75) is 60.6 Å². The van der Waals surface area contributed by atoms with E-state index in [2.05, 4.69) is 10.1 Å². The third kappa shape index (κ3) is 4.33. The maximum Gasteiger partial charge on any atom is 0.425 e. The lowest BCUT2D eigenvalue weighted by molar-refractivity contribution is -0.189. The van der Waals surface area contributed by atoms with Crippen molar-refractivity contribution in [1.29, 1.82) is 0 Å². The molecule has 2 saturated carbocycles. The Kier molecular flexibility index (Phi) is 5.44. The molecule has 0 bridgehead atoms. The molecule has 2 aliphatic carbocycles. The summed E-state index contributed by atoms with van der Waals surface area (Å²) in [6.45, 7) is 1.14. The Morgan fingerprint density at radius 2 is 1.94 bits per heavy atom. The van der Waals surface area contributed by atoms with Crippen molar-refractivity contribution in [3.8, 4) is 5.75 Å². The van der Waals surface area contributed by atoms with Crippen molar-refractivity contribution in [2.24, 2.45) is 5.92 Å². The second-order valence-corrected chi connectivity index (χ2v) is 11.9. The van der Waals surface area contributed by atoms with Crippen LogP contribution < -0.4 is 4.74 Å². The summed E-state index contributed by atoms with van der Waals surface area (Å²) in [4.78, 5) is 18.8. The van der Waals surface area contributed by atoms with E-state index in [1.807, 2.05) is 0 Å². The molecule has 0 radical (unpaired) electrons. The van der Waals surface area contributed by atoms with Gasteiger partial charge in [-0.05, 0) is 37.5 Å². The fourth-order valence-corrected chi connectivity index (χ4v) is 5.51. The summed E-state index contributed by atoms with van der Waals surface area (Å²) in [6.07, 6.45) is -6.12. The zero-order valence-corrected chi connectivity index (χ0v) is 20.0. The lowest BCUT2D eigenvalue weighted by Crippen LogP contribution is -2.35. The van der Waals surface area contributed by atoms with E-state index in [9.17, 15) is 35.2 Å². The number of hydrogen-bond donors (Lipinski definition) is 0. The Morgan fingerprint density at radius 3 is 2.56 bits per heavy atom. The van der Waals surface area contributed by atoms with Crippen molar-refractivity contribution in [1.82, 2.24) is 15.0 Å². The highest BCUT2D eigenvalue weighted by molar-refractivity contribution is 7.90. The molecule has 1 aromatic carbocycles. The Balaban J connectivity index is 1.38. The van der Waals surface area contributed by atoms with Gasteiger partial charge >= 0.3 is 6.18 Å². The molecule has 5 rings (SSSR count). The first-order valence-electron chi connectivity index (χ1n) is 11.2. The average Bonchev–Trinajstić information content (AvgIpc) is 3.11. The topological polar surface area (TPSA) is 103 Å². The number of nitrogens with zero attached hydrogens (tertiary/aromatic N) is 3. The highest BCUT2D eigenvalue weighted by Gasteiger charge is 2.65. The fourth-order valence-electron chi connectivity index (χ4n) is 4.86. The van der Waals surface area contributed by atoms with Crippen LogP contribution in [0.5, 0.6) is 5.75 Å². The number of alkyl halides is 5. The predicted molar refractivity (Wildman–Crippen MR) is 113 cm³/mol. The molecule has 0 spiro atoms. The zero-order chi connectivity index (χ0) is 26.3. The van der Waals surface area contributed by atoms with E-state index in [1.165, 1.54) is 4.90 Å². The van der Waals surface area contributed by atoms with Crippen molar-refractivity contribution in [3.05, 3.63) is 35.5 Å². The summed E-state index contributed by atoms with van der Waals surface area (Å²) in [6, 6.07) is 3.13. The van der Waals surface area contributed by atoms with Crippen LogP contribution in [0.4, 0.5) is 22.0 Å². The number of likely N-dealkylation sites (tertiary alicyclic amines) is 1. The smallest absolute Gasteiger partial charge is 0.425 e. The van der Waals surface area contributed by atoms with E-state index in [0.717, 1.165) is 31.4 Å². The molecular weight excluding hydrogens is 513 g/mol. The van der Waals surface area contributed by atoms with Gasteiger partial charge in [0.1, 0.15) is 5.75 Å². The molecule has 196 valence electrons. The number of carbonyl (C=O) groups is 1. The summed E-state index contributed by atoms with van der Waals surface area (Å²) in [5, 5.41) is 3.96. The van der Waals surface area contributed by atoms with Gasteiger partial charge in [0, 0.05) is 38.1 Å². The second kappa shape index (κ2) is 7.86. The number of piperidine rings is 1. The number of benzene rings is 1. The van der Waals surface area contributed by atoms with Gasteiger partial charge in [-0.25, -0.2) is 17.2 Å². The van der Waals surface area contributed by atoms with Crippen molar-refractivity contribution in [2.75, 3.05) is 19.3 Å². The van der Waals surface area contributed by atoms with Crippen LogP contribution >= 0.6 is 0 Å². The number of ether oxygens (including phenoxy) is 1. The molecule has 8 nitrogen and oxygen atoms in total. The summed E-state index contributed by atoms with van der Waals surface area (Å²) >= 11 is 0. The van der Waals surface area contributed by atoms with Crippen LogP contribution in [0.3, 0.4) is 0 Å². The SMILES string of the molecule is C[C@H](Oc1ccc(S(C)(=O)=O)cc1C(=O)N1CC2CC2(c2noc(C3CC(F)(F)C3)n2)C1)C(F)(F)F. The number of amides is 1. The summed E-state index contributed by atoms with van der Waals surface area (Å²) in [5.74, 6) is -3.98. The second-order valence-electron chi connectivity index (χ2n) is 9.89. The van der Waals surface area contributed by atoms with Crippen LogP contribution in [0.15, 0.2) is 27.6 Å². The molecule has 2 heterocycles. The maximum atomic E-state index is 13.4. The number of fused-ring (bicyclic) bond motifs is 1. The standard InChI is InChI=1S/C22H22F5N3O5S/c1-11(22(25,26)27)34-16-4-3-14(36(2,32)33)5-15(16)18(31)30-9-13-8-20(13,10-30)19-28-17(35-29-19)12-6-21(23,24)7-12/h3-5,11-13H,6-10H2,1-2H3/t11-,13?,20?/m0/s1. The van der Waals surface area contributed by atoms with Crippen molar-refractivity contribution >= 4 is 15.7 Å². The lowest BCUT2D eigenvalue weighted by Gasteiger charge is -2.32. The van der Waals surface area contributed by atoms with Crippen molar-refractivity contribution in [3.63, 3.8) is 0 Å². The van der Waals surface area contributed by atoms with Crippen LogP contribution in [0.2, 0.25) is 0 Å². The van der Waals surface area contributed by atoms with E-state index >= 15 is 0 Å². The monoisotopic (exact) mass is 535 g/mol. The Morgan fingerprint density at radius 1 is 1.25 bits per heavy atom. The first kappa shape index (κ1) is 24.9. The number of hydrogen-bond acceptors (Lipinski definition) is 7. The Hall–Kier alpha value is -2.77. The minimum atomic E-state index is -4.70. The first-order valence-corrected chi connectivity index (χ1v) is 13.1. The van der Waals surface area contributed by atoms with Crippen LogP contribution in [0.1, 0.15) is 54.2 Å². The van der Waals surface area contributed by atoms with Gasteiger partial charge in [-0.1, -0.05) is 5.16 Å². The average molecular weight is 535 g/mol. The third-order valence-corrected chi connectivity index (χ3v) is 8.24. The molecule has 14 heteroatoms. The van der Waals surface area contributed by atoms with Gasteiger partial charge in [0.05, 0.1) is 15.9 Å². The number of halogens is 5. The predicted octanol–water partition coefficient (Wildman–Crippen LogP) is 3.73. The molecule has 3 aliphatic rings. The van der Waals surface area contributed by atoms with E-state index in [0.29, 0.717) is 12.2 Å². The fraction of sp³-hybridized carbons (Fsp3) is 0.591. The van der Waals surface area contributed by atoms with Gasteiger partial charge in [-0.15, -0.1) is 0 Å². The van der Waals surface area contributed by atoms with E-state index < -0.39 is 45.3 Å². The molecule has 0 N–H and O–H groups in total. The minimum absolute atomic E-state index is 0.0497. The van der Waals surface area contributed by atoms with Crippen LogP contribution in [-0.4, -0.2) is 66.9 Å². The number of aromatic nitrogens is 2. The highest BCUT2D eigenvalue weighted by atomic mass is 32.2. The van der Waals surface area contributed by atoms with Gasteiger partial charge < -0.3 is 14.2 Å². The molecule has 1 aromatic heterocycles. The minimum Gasteiger partial charge on any atom is -0.480 e. The Labute approximate surface area is 202 Å². The van der Waals surface area contributed by atoms with Gasteiger partial charge in [-0.2, -0.15) is 18.2 Å². The lowest BCUT2D eigenvalue weighted by atomic mass is 9.81. The molecule has 36 heavy (non-hydrogen) atoms. The molecule has 1 aliphatic heterocycles. The van der Waals surface area contributed by atoms with Crippen molar-refractivity contribution < 1.29 is 44.4 Å². The molecule has 2 aromatic rings. The van der Waals surface area contributed by atoms with Gasteiger partial charge in [0.2, 0.25) is 11.8 Å². The largest absolute Gasteiger partial charge is 0.480 e. The maximum absolute atomic E-state index is 13.4. The van der Waals surface area contributed by atoms with E-state index in [4.69, 9.17) is 9.26 Å². The number of rotatable bonds is 6. The van der Waals surface area contributed by atoms with Crippen LogP contribution in [0, 0.1) is 5.92 Å². The molecular formula is C22H22F5N3O5S. The molecule has 3 fully saturated rings. The highest BCUT2D eigenvalue weighted by Crippen LogP contribution is 2.59. The molecule has 2 unspecified atom stereocenters. The summed E-state index contributed by atoms with van der Waals surface area (Å²) in [7, 11) is -3.76. The molecule has 3 atom stereocenters. The summed E-state index contributed by atoms with van der Waals surface area (Å²) in [5.41, 5.74) is -0.950. The van der Waals surface area contributed by atoms with Gasteiger partial charge in [0.15, 0.2) is 21.8 Å². The van der Waals surface area contributed by atoms with E-state index in [-0.39, 0.29) is 53.9 Å².